The van der Waals surface area contributed by atoms with E-state index in [1.54, 1.807) is 19.2 Å². The summed E-state index contributed by atoms with van der Waals surface area (Å²) in [6, 6.07) is 11.0. The molecule has 0 heterocycles. The lowest BCUT2D eigenvalue weighted by atomic mass is 10.0. The van der Waals surface area contributed by atoms with Crippen LogP contribution in [0.3, 0.4) is 0 Å². The number of anilines is 1. The molecule has 0 aliphatic rings. The lowest BCUT2D eigenvalue weighted by Gasteiger charge is -2.08. The molecule has 2 rings (SSSR count). The molecule has 0 fully saturated rings. The number of hydrogen-bond donors (Lipinski definition) is 1. The normalized spacial score (nSPS) is 10.3. The molecule has 0 aliphatic heterocycles. The molecule has 0 amide bonds. The summed E-state index contributed by atoms with van der Waals surface area (Å²) in [6.45, 7) is 0. The second kappa shape index (κ2) is 4.86. The monoisotopic (exact) mass is 267 g/mol. The lowest BCUT2D eigenvalue weighted by molar-refractivity contribution is 0.415. The van der Waals surface area contributed by atoms with Crippen molar-refractivity contribution in [3.63, 3.8) is 0 Å². The molecular weight excluding hydrogens is 257 g/mol. The van der Waals surface area contributed by atoms with Crippen LogP contribution in [0.15, 0.2) is 36.4 Å². The van der Waals surface area contributed by atoms with Gasteiger partial charge in [-0.1, -0.05) is 35.3 Å². The maximum Gasteiger partial charge on any atom is 0.118 e. The second-order valence-electron chi connectivity index (χ2n) is 3.59. The first kappa shape index (κ1) is 12.1. The third-order valence-electron chi connectivity index (χ3n) is 2.45. The number of benzene rings is 2. The fourth-order valence-electron chi connectivity index (χ4n) is 1.59. The molecule has 2 aromatic rings. The van der Waals surface area contributed by atoms with Crippen molar-refractivity contribution in [2.24, 2.45) is 0 Å². The third-order valence-corrected chi connectivity index (χ3v) is 3.25. The smallest absolute Gasteiger partial charge is 0.118 e. The highest BCUT2D eigenvalue weighted by Crippen LogP contribution is 2.36. The Morgan fingerprint density at radius 3 is 2.29 bits per heavy atom. The summed E-state index contributed by atoms with van der Waals surface area (Å²) in [5.41, 5.74) is 8.11. The minimum Gasteiger partial charge on any atom is -0.497 e. The molecule has 2 N–H and O–H groups in total. The third kappa shape index (κ3) is 2.48. The van der Waals surface area contributed by atoms with E-state index in [1.807, 2.05) is 24.3 Å². The fourth-order valence-corrected chi connectivity index (χ4v) is 2.04. The lowest BCUT2D eigenvalue weighted by Crippen LogP contribution is -1.88. The van der Waals surface area contributed by atoms with Crippen molar-refractivity contribution >= 4 is 28.9 Å². The summed E-state index contributed by atoms with van der Waals surface area (Å²) >= 11 is 12.1. The van der Waals surface area contributed by atoms with E-state index in [1.165, 1.54) is 0 Å². The van der Waals surface area contributed by atoms with Crippen molar-refractivity contribution in [3.8, 4) is 16.9 Å². The molecule has 0 unspecified atom stereocenters. The van der Waals surface area contributed by atoms with Gasteiger partial charge in [-0.2, -0.15) is 0 Å². The van der Waals surface area contributed by atoms with Gasteiger partial charge in [0.05, 0.1) is 17.2 Å². The molecule has 0 saturated carbocycles. The first-order valence-electron chi connectivity index (χ1n) is 5.01. The van der Waals surface area contributed by atoms with Gasteiger partial charge in [0.25, 0.3) is 0 Å². The van der Waals surface area contributed by atoms with Crippen molar-refractivity contribution in [1.82, 2.24) is 0 Å². The Labute approximate surface area is 110 Å². The minimum atomic E-state index is 0.456. The first-order valence-corrected chi connectivity index (χ1v) is 5.76. The molecule has 2 aromatic carbocycles. The maximum atomic E-state index is 6.15. The largest absolute Gasteiger partial charge is 0.497 e. The van der Waals surface area contributed by atoms with E-state index >= 15 is 0 Å². The highest BCUT2D eigenvalue weighted by molar-refractivity contribution is 6.44. The SMILES string of the molecule is COc1ccc(-c2cc(N)cc(Cl)c2Cl)cc1. The standard InChI is InChI=1S/C13H11Cl2NO/c1-17-10-4-2-8(3-5-10)11-6-9(16)7-12(14)13(11)15/h2-7H,16H2,1H3. The fraction of sp³-hybridized carbons (Fsp3) is 0.0769. The van der Waals surface area contributed by atoms with Crippen LogP contribution in [0.25, 0.3) is 11.1 Å². The molecule has 0 aliphatic carbocycles. The van der Waals surface area contributed by atoms with Crippen LogP contribution in [0, 0.1) is 0 Å². The van der Waals surface area contributed by atoms with E-state index in [-0.39, 0.29) is 0 Å². The van der Waals surface area contributed by atoms with Gasteiger partial charge in [-0.15, -0.1) is 0 Å². The van der Waals surface area contributed by atoms with Gasteiger partial charge in [0.2, 0.25) is 0 Å². The van der Waals surface area contributed by atoms with Crippen molar-refractivity contribution in [2.75, 3.05) is 12.8 Å². The quantitative estimate of drug-likeness (QED) is 0.826. The Bertz CT molecular complexity index is 538. The Balaban J connectivity index is 2.52. The van der Waals surface area contributed by atoms with Crippen LogP contribution < -0.4 is 10.5 Å². The Kier molecular flexibility index (Phi) is 3.46. The van der Waals surface area contributed by atoms with E-state index in [2.05, 4.69) is 0 Å². The molecule has 0 spiro atoms. The minimum absolute atomic E-state index is 0.456. The highest BCUT2D eigenvalue weighted by Gasteiger charge is 2.08. The van der Waals surface area contributed by atoms with Gasteiger partial charge in [0.1, 0.15) is 5.75 Å². The molecule has 88 valence electrons. The maximum absolute atomic E-state index is 6.15. The molecule has 0 aromatic heterocycles. The van der Waals surface area contributed by atoms with Crippen LogP contribution >= 0.6 is 23.2 Å². The molecule has 2 nitrogen and oxygen atoms in total. The molecule has 0 radical (unpaired) electrons. The average molecular weight is 268 g/mol. The summed E-state index contributed by atoms with van der Waals surface area (Å²) < 4.78 is 5.10. The number of nitrogen functional groups attached to an aromatic ring is 1. The summed E-state index contributed by atoms with van der Waals surface area (Å²) in [5.74, 6) is 0.792. The Hall–Kier alpha value is -1.38. The van der Waals surface area contributed by atoms with Gasteiger partial charge in [-0.3, -0.25) is 0 Å². The van der Waals surface area contributed by atoms with Crippen LogP contribution in [-0.2, 0) is 0 Å². The van der Waals surface area contributed by atoms with Crippen molar-refractivity contribution < 1.29 is 4.74 Å². The van der Waals surface area contributed by atoms with Gasteiger partial charge in [0.15, 0.2) is 0 Å². The molecule has 0 saturated heterocycles. The highest BCUT2D eigenvalue weighted by atomic mass is 35.5. The van der Waals surface area contributed by atoms with E-state index < -0.39 is 0 Å². The van der Waals surface area contributed by atoms with Gasteiger partial charge in [-0.05, 0) is 29.8 Å². The van der Waals surface area contributed by atoms with Crippen molar-refractivity contribution in [3.05, 3.63) is 46.4 Å². The zero-order chi connectivity index (χ0) is 12.4. The number of rotatable bonds is 2. The number of nitrogens with two attached hydrogens (primary N) is 1. The molecule has 17 heavy (non-hydrogen) atoms. The van der Waals surface area contributed by atoms with E-state index in [0.29, 0.717) is 15.7 Å². The van der Waals surface area contributed by atoms with Crippen LogP contribution in [0.5, 0.6) is 5.75 Å². The summed E-state index contributed by atoms with van der Waals surface area (Å²) in [4.78, 5) is 0. The zero-order valence-corrected chi connectivity index (χ0v) is 10.7. The van der Waals surface area contributed by atoms with E-state index in [9.17, 15) is 0 Å². The zero-order valence-electron chi connectivity index (χ0n) is 9.21. The number of halogens is 2. The van der Waals surface area contributed by atoms with E-state index in [4.69, 9.17) is 33.7 Å². The molecular formula is C13H11Cl2NO. The topological polar surface area (TPSA) is 35.2 Å². The van der Waals surface area contributed by atoms with E-state index in [0.717, 1.165) is 16.9 Å². The van der Waals surface area contributed by atoms with Gasteiger partial charge in [0, 0.05) is 11.3 Å². The van der Waals surface area contributed by atoms with Crippen LogP contribution in [0.4, 0.5) is 5.69 Å². The van der Waals surface area contributed by atoms with Crippen LogP contribution in [0.1, 0.15) is 0 Å². The number of ether oxygens (including phenoxy) is 1. The van der Waals surface area contributed by atoms with Crippen LogP contribution in [-0.4, -0.2) is 7.11 Å². The van der Waals surface area contributed by atoms with Gasteiger partial charge >= 0.3 is 0 Å². The second-order valence-corrected chi connectivity index (χ2v) is 4.38. The van der Waals surface area contributed by atoms with Crippen LogP contribution in [0.2, 0.25) is 10.0 Å². The predicted octanol–water partition coefficient (Wildman–Crippen LogP) is 4.25. The Morgan fingerprint density at radius 1 is 1.06 bits per heavy atom. The Morgan fingerprint density at radius 2 is 1.71 bits per heavy atom. The first-order chi connectivity index (χ1) is 8.11. The molecule has 0 atom stereocenters. The molecule has 0 bridgehead atoms. The summed E-state index contributed by atoms with van der Waals surface area (Å²) in [5, 5.41) is 0.962. The summed E-state index contributed by atoms with van der Waals surface area (Å²) in [7, 11) is 1.62. The van der Waals surface area contributed by atoms with Gasteiger partial charge in [-0.25, -0.2) is 0 Å². The number of hydrogen-bond acceptors (Lipinski definition) is 2. The number of methoxy groups -OCH3 is 1. The predicted molar refractivity (Wildman–Crippen MR) is 72.9 cm³/mol. The average Bonchev–Trinajstić information content (AvgIpc) is 2.34. The molecule has 4 heteroatoms. The van der Waals surface area contributed by atoms with Gasteiger partial charge < -0.3 is 10.5 Å². The van der Waals surface area contributed by atoms with Crippen molar-refractivity contribution in [2.45, 2.75) is 0 Å². The van der Waals surface area contributed by atoms with Crippen molar-refractivity contribution in [1.29, 1.82) is 0 Å². The summed E-state index contributed by atoms with van der Waals surface area (Å²) in [6.07, 6.45) is 0.